The number of nitrogens with one attached hydrogen (secondary N) is 1. The second-order valence-electron chi connectivity index (χ2n) is 3.26. The van der Waals surface area contributed by atoms with Gasteiger partial charge in [0.25, 0.3) is 0 Å². The predicted molar refractivity (Wildman–Crippen MR) is 58.6 cm³/mol. The molecule has 0 aliphatic heterocycles. The molecule has 0 saturated carbocycles. The molecule has 0 amide bonds. The molecular weight excluding hydrogens is 273 g/mol. The number of anilines is 1. The number of hydrazone groups is 1. The van der Waals surface area contributed by atoms with Crippen LogP contribution < -0.4 is 11.2 Å². The summed E-state index contributed by atoms with van der Waals surface area (Å²) in [5.74, 6) is -1.62. The van der Waals surface area contributed by atoms with Gasteiger partial charge < -0.3 is 5.73 Å². The first-order valence-corrected chi connectivity index (χ1v) is 6.32. The molecular formula is C8H9F3N4O2S. The Morgan fingerprint density at radius 3 is 2.44 bits per heavy atom. The number of sulfone groups is 1. The van der Waals surface area contributed by atoms with E-state index in [0.29, 0.717) is 0 Å². The van der Waals surface area contributed by atoms with Crippen LogP contribution in [0.25, 0.3) is 0 Å². The summed E-state index contributed by atoms with van der Waals surface area (Å²) in [6.07, 6.45) is -2.76. The monoisotopic (exact) mass is 282 g/mol. The number of pyridine rings is 1. The molecule has 0 atom stereocenters. The molecule has 18 heavy (non-hydrogen) atoms. The Kier molecular flexibility index (Phi) is 3.79. The van der Waals surface area contributed by atoms with E-state index in [1.807, 2.05) is 5.43 Å². The maximum absolute atomic E-state index is 12.0. The van der Waals surface area contributed by atoms with Gasteiger partial charge in [-0.25, -0.2) is 13.4 Å². The summed E-state index contributed by atoms with van der Waals surface area (Å²) in [5, 5.41) is 2.86. The number of aromatic nitrogens is 1. The minimum atomic E-state index is -4.74. The molecule has 10 heteroatoms. The van der Waals surface area contributed by atoms with Crippen LogP contribution in [-0.4, -0.2) is 31.7 Å². The quantitative estimate of drug-likeness (QED) is 0.484. The molecule has 0 unspecified atom stereocenters. The van der Waals surface area contributed by atoms with Gasteiger partial charge in [0, 0.05) is 12.5 Å². The van der Waals surface area contributed by atoms with Crippen LogP contribution in [0.15, 0.2) is 28.3 Å². The molecule has 1 aromatic rings. The topological polar surface area (TPSA) is 97.4 Å². The van der Waals surface area contributed by atoms with E-state index < -0.39 is 21.8 Å². The highest BCUT2D eigenvalue weighted by molar-refractivity contribution is 7.90. The number of nitrogens with zero attached hydrogens (tertiary/aromatic N) is 2. The van der Waals surface area contributed by atoms with E-state index in [9.17, 15) is 21.6 Å². The number of rotatable bonds is 3. The number of hydrogen-bond donors (Lipinski definition) is 2. The second kappa shape index (κ2) is 4.80. The zero-order valence-electron chi connectivity index (χ0n) is 9.06. The van der Waals surface area contributed by atoms with Crippen molar-refractivity contribution in [2.75, 3.05) is 11.7 Å². The molecule has 100 valence electrons. The average Bonchev–Trinajstić information content (AvgIpc) is 2.24. The van der Waals surface area contributed by atoms with E-state index >= 15 is 0 Å². The van der Waals surface area contributed by atoms with Gasteiger partial charge in [-0.3, -0.25) is 5.43 Å². The summed E-state index contributed by atoms with van der Waals surface area (Å²) >= 11 is 0. The highest BCUT2D eigenvalue weighted by atomic mass is 32.2. The number of nitrogens with two attached hydrogens (primary N) is 1. The van der Waals surface area contributed by atoms with Gasteiger partial charge in [0.05, 0.1) is 4.90 Å². The zero-order valence-corrected chi connectivity index (χ0v) is 9.88. The van der Waals surface area contributed by atoms with Gasteiger partial charge in [0.2, 0.25) is 5.84 Å². The molecule has 0 aromatic carbocycles. The Balaban J connectivity index is 2.83. The van der Waals surface area contributed by atoms with Crippen molar-refractivity contribution < 1.29 is 21.6 Å². The standard InChI is InChI=1S/C8H9F3N4O2S/c1-18(16,17)5-2-3-6(13-4-5)14-15-7(12)8(9,10)11/h2-4H,1H3,(H2,12,15)(H,13,14). The predicted octanol–water partition coefficient (Wildman–Crippen LogP) is 0.732. The highest BCUT2D eigenvalue weighted by Crippen LogP contribution is 2.15. The molecule has 0 saturated heterocycles. The van der Waals surface area contributed by atoms with E-state index in [-0.39, 0.29) is 10.7 Å². The van der Waals surface area contributed by atoms with Gasteiger partial charge in [0.1, 0.15) is 5.82 Å². The number of hydrogen-bond acceptors (Lipinski definition) is 5. The first kappa shape index (κ1) is 14.2. The number of halogens is 3. The van der Waals surface area contributed by atoms with Crippen molar-refractivity contribution in [2.24, 2.45) is 10.8 Å². The normalized spacial score (nSPS) is 13.4. The van der Waals surface area contributed by atoms with E-state index in [4.69, 9.17) is 0 Å². The third-order valence-corrected chi connectivity index (χ3v) is 2.84. The van der Waals surface area contributed by atoms with E-state index in [1.54, 1.807) is 0 Å². The third-order valence-electron chi connectivity index (χ3n) is 1.75. The van der Waals surface area contributed by atoms with Crippen molar-refractivity contribution in [3.63, 3.8) is 0 Å². The number of amidine groups is 1. The van der Waals surface area contributed by atoms with Gasteiger partial charge in [0.15, 0.2) is 9.84 Å². The van der Waals surface area contributed by atoms with Gasteiger partial charge in [-0.1, -0.05) is 0 Å². The largest absolute Gasteiger partial charge is 0.450 e. The van der Waals surface area contributed by atoms with Crippen LogP contribution in [0.1, 0.15) is 0 Å². The Morgan fingerprint density at radius 1 is 1.44 bits per heavy atom. The minimum Gasteiger partial charge on any atom is -0.378 e. The summed E-state index contributed by atoms with van der Waals surface area (Å²) in [7, 11) is -3.40. The maximum Gasteiger partial charge on any atom is 0.450 e. The Labute approximate surface area is 101 Å². The smallest absolute Gasteiger partial charge is 0.378 e. The third kappa shape index (κ3) is 3.87. The summed E-state index contributed by atoms with van der Waals surface area (Å²) in [6, 6.07) is 2.35. The minimum absolute atomic E-state index is 0.0548. The van der Waals surface area contributed by atoms with Crippen molar-refractivity contribution in [1.29, 1.82) is 0 Å². The molecule has 0 spiro atoms. The molecule has 1 rings (SSSR count). The molecule has 3 N–H and O–H groups in total. The summed E-state index contributed by atoms with van der Waals surface area (Å²) in [5.41, 5.74) is 6.60. The Morgan fingerprint density at radius 2 is 2.06 bits per heavy atom. The Bertz CT molecular complexity index is 551. The van der Waals surface area contributed by atoms with Gasteiger partial charge in [-0.2, -0.15) is 18.3 Å². The number of alkyl halides is 3. The summed E-state index contributed by atoms with van der Waals surface area (Å²) < 4.78 is 58.1. The Hall–Kier alpha value is -1.84. The van der Waals surface area contributed by atoms with Crippen LogP contribution in [0, 0.1) is 0 Å². The van der Waals surface area contributed by atoms with Crippen LogP contribution in [0.4, 0.5) is 19.0 Å². The molecule has 0 aliphatic rings. The lowest BCUT2D eigenvalue weighted by atomic mass is 10.5. The van der Waals surface area contributed by atoms with Crippen LogP contribution in [0.3, 0.4) is 0 Å². The molecule has 6 nitrogen and oxygen atoms in total. The van der Waals surface area contributed by atoms with Crippen LogP contribution in [0.2, 0.25) is 0 Å². The lowest BCUT2D eigenvalue weighted by Gasteiger charge is -2.05. The molecule has 0 fully saturated rings. The van der Waals surface area contributed by atoms with Gasteiger partial charge in [-0.15, -0.1) is 0 Å². The van der Waals surface area contributed by atoms with E-state index in [1.165, 1.54) is 12.1 Å². The first-order chi connectivity index (χ1) is 8.10. The van der Waals surface area contributed by atoms with Crippen LogP contribution in [0.5, 0.6) is 0 Å². The fourth-order valence-electron chi connectivity index (χ4n) is 0.847. The summed E-state index contributed by atoms with van der Waals surface area (Å²) in [4.78, 5) is 3.52. The summed E-state index contributed by atoms with van der Waals surface area (Å²) in [6.45, 7) is 0. The van der Waals surface area contributed by atoms with Crippen molar-refractivity contribution in [2.45, 2.75) is 11.1 Å². The van der Waals surface area contributed by atoms with Crippen LogP contribution >= 0.6 is 0 Å². The molecule has 0 aliphatic carbocycles. The van der Waals surface area contributed by atoms with Gasteiger partial charge >= 0.3 is 6.18 Å². The van der Waals surface area contributed by atoms with E-state index in [0.717, 1.165) is 12.5 Å². The van der Waals surface area contributed by atoms with Crippen LogP contribution in [-0.2, 0) is 9.84 Å². The van der Waals surface area contributed by atoms with Crippen molar-refractivity contribution in [3.8, 4) is 0 Å². The van der Waals surface area contributed by atoms with Crippen molar-refractivity contribution >= 4 is 21.5 Å². The highest BCUT2D eigenvalue weighted by Gasteiger charge is 2.33. The maximum atomic E-state index is 12.0. The molecule has 0 bridgehead atoms. The molecule has 1 aromatic heterocycles. The lowest BCUT2D eigenvalue weighted by molar-refractivity contribution is -0.0599. The lowest BCUT2D eigenvalue weighted by Crippen LogP contribution is -2.32. The average molecular weight is 282 g/mol. The molecule has 0 radical (unpaired) electrons. The zero-order chi connectivity index (χ0) is 14.0. The fraction of sp³-hybridized carbons (Fsp3) is 0.250. The van der Waals surface area contributed by atoms with Crippen molar-refractivity contribution in [1.82, 2.24) is 4.98 Å². The fourth-order valence-corrected chi connectivity index (χ4v) is 1.41. The first-order valence-electron chi connectivity index (χ1n) is 4.43. The SMILES string of the molecule is CS(=O)(=O)c1ccc(N/N=C(\N)C(F)(F)F)nc1. The molecule has 1 heterocycles. The van der Waals surface area contributed by atoms with Crippen molar-refractivity contribution in [3.05, 3.63) is 18.3 Å². The van der Waals surface area contributed by atoms with E-state index in [2.05, 4.69) is 15.8 Å². The van der Waals surface area contributed by atoms with Gasteiger partial charge in [-0.05, 0) is 12.1 Å². The second-order valence-corrected chi connectivity index (χ2v) is 5.27.